The smallest absolute Gasteiger partial charge is 0.0612 e. The number of allylic oxidation sites excluding steroid dienone is 1. The topological polar surface area (TPSA) is 29.5 Å². The van der Waals surface area contributed by atoms with Gasteiger partial charge in [0.15, 0.2) is 0 Å². The molecule has 0 aromatic rings. The second kappa shape index (κ2) is 10.7. The van der Waals surface area contributed by atoms with Crippen LogP contribution in [0.3, 0.4) is 0 Å². The second-order valence-electron chi connectivity index (χ2n) is 13.5. The summed E-state index contributed by atoms with van der Waals surface area (Å²) in [6.07, 6.45) is 20.2. The molecule has 4 aliphatic carbocycles. The number of hydrogen-bond donors (Lipinski definition) is 1. The predicted molar refractivity (Wildman–Crippen MR) is 139 cm³/mol. The lowest BCUT2D eigenvalue weighted by Crippen LogP contribution is -2.51. The molecule has 4 rings (SSSR count). The summed E-state index contributed by atoms with van der Waals surface area (Å²) >= 11 is 0. The second-order valence-corrected chi connectivity index (χ2v) is 13.5. The van der Waals surface area contributed by atoms with E-state index >= 15 is 0 Å². The van der Waals surface area contributed by atoms with E-state index in [1.54, 1.807) is 5.57 Å². The Hall–Kier alpha value is -0.340. The molecule has 3 saturated carbocycles. The van der Waals surface area contributed by atoms with Crippen molar-refractivity contribution in [1.82, 2.24) is 0 Å². The van der Waals surface area contributed by atoms with Gasteiger partial charge in [0.2, 0.25) is 0 Å². The lowest BCUT2D eigenvalue weighted by atomic mass is 9.47. The molecule has 4 aliphatic rings. The molecule has 0 bridgehead atoms. The van der Waals surface area contributed by atoms with E-state index in [-0.39, 0.29) is 6.61 Å². The molecule has 0 heterocycles. The summed E-state index contributed by atoms with van der Waals surface area (Å²) < 4.78 is 6.24. The molecule has 0 aromatic heterocycles. The molecule has 0 spiro atoms. The van der Waals surface area contributed by atoms with Crippen LogP contribution >= 0.6 is 0 Å². The Kier molecular flexibility index (Phi) is 8.37. The van der Waals surface area contributed by atoms with Gasteiger partial charge in [0.1, 0.15) is 0 Å². The van der Waals surface area contributed by atoms with Crippen LogP contribution < -0.4 is 0 Å². The van der Waals surface area contributed by atoms with Crippen LogP contribution in [0.1, 0.15) is 118 Å². The van der Waals surface area contributed by atoms with E-state index in [9.17, 15) is 0 Å². The van der Waals surface area contributed by atoms with Crippen LogP contribution in [-0.4, -0.2) is 24.4 Å². The van der Waals surface area contributed by atoms with E-state index < -0.39 is 0 Å². The number of fused-ring (bicyclic) bond motifs is 5. The number of hydrogen-bond acceptors (Lipinski definition) is 2. The van der Waals surface area contributed by atoms with Gasteiger partial charge in [0.25, 0.3) is 0 Å². The van der Waals surface area contributed by atoms with Crippen molar-refractivity contribution in [2.24, 2.45) is 46.3 Å². The van der Waals surface area contributed by atoms with E-state index in [2.05, 4.69) is 40.7 Å². The van der Waals surface area contributed by atoms with Crippen LogP contribution in [0.2, 0.25) is 0 Å². The van der Waals surface area contributed by atoms with Crippen molar-refractivity contribution in [3.8, 4) is 0 Å². The summed E-state index contributed by atoms with van der Waals surface area (Å²) in [5.74, 6) is 5.49. The van der Waals surface area contributed by atoms with E-state index in [1.807, 2.05) is 0 Å². The van der Waals surface area contributed by atoms with Crippen LogP contribution in [0.5, 0.6) is 0 Å². The average Bonchev–Trinajstić information content (AvgIpc) is 3.14. The normalized spacial score (nSPS) is 41.3. The lowest BCUT2D eigenvalue weighted by molar-refractivity contribution is -0.0642. The fourth-order valence-electron chi connectivity index (χ4n) is 9.26. The number of aliphatic hydroxyl groups excluding tert-OH is 1. The van der Waals surface area contributed by atoms with E-state index in [0.29, 0.717) is 16.9 Å². The molecule has 0 aliphatic heterocycles. The Morgan fingerprint density at radius 1 is 0.970 bits per heavy atom. The molecule has 0 aromatic carbocycles. The van der Waals surface area contributed by atoms with E-state index in [1.165, 1.54) is 64.2 Å². The van der Waals surface area contributed by atoms with Crippen molar-refractivity contribution in [3.63, 3.8) is 0 Å². The number of aliphatic hydroxyl groups is 1. The van der Waals surface area contributed by atoms with Gasteiger partial charge >= 0.3 is 0 Å². The number of ether oxygens (including phenoxy) is 1. The van der Waals surface area contributed by atoms with Crippen molar-refractivity contribution in [2.75, 3.05) is 13.2 Å². The summed E-state index contributed by atoms with van der Waals surface area (Å²) in [4.78, 5) is 0. The molecular formula is C31H54O2. The average molecular weight is 459 g/mol. The predicted octanol–water partition coefficient (Wildman–Crippen LogP) is 8.19. The van der Waals surface area contributed by atoms with Gasteiger partial charge in [-0.05, 0) is 111 Å². The Balaban J connectivity index is 1.40. The molecular weight excluding hydrogens is 404 g/mol. The van der Waals surface area contributed by atoms with E-state index in [4.69, 9.17) is 9.84 Å². The molecule has 3 fully saturated rings. The van der Waals surface area contributed by atoms with Gasteiger partial charge in [-0.2, -0.15) is 0 Å². The maximum Gasteiger partial charge on any atom is 0.0612 e. The zero-order valence-corrected chi connectivity index (χ0v) is 22.6. The quantitative estimate of drug-likeness (QED) is 0.264. The Labute approximate surface area is 205 Å². The van der Waals surface area contributed by atoms with Gasteiger partial charge in [-0.1, -0.05) is 65.5 Å². The summed E-state index contributed by atoms with van der Waals surface area (Å²) in [6, 6.07) is 0. The van der Waals surface area contributed by atoms with Gasteiger partial charge in [-0.3, -0.25) is 0 Å². The Morgan fingerprint density at radius 3 is 2.55 bits per heavy atom. The Morgan fingerprint density at radius 2 is 1.79 bits per heavy atom. The van der Waals surface area contributed by atoms with Crippen molar-refractivity contribution >= 4 is 0 Å². The molecule has 0 radical (unpaired) electrons. The summed E-state index contributed by atoms with van der Waals surface area (Å²) in [6.45, 7) is 13.8. The zero-order valence-electron chi connectivity index (χ0n) is 22.6. The van der Waals surface area contributed by atoms with Crippen molar-refractivity contribution in [1.29, 1.82) is 0 Å². The van der Waals surface area contributed by atoms with Gasteiger partial charge in [-0.15, -0.1) is 0 Å². The molecule has 33 heavy (non-hydrogen) atoms. The van der Waals surface area contributed by atoms with Crippen LogP contribution in [0.15, 0.2) is 11.6 Å². The van der Waals surface area contributed by atoms with Crippen LogP contribution in [0.4, 0.5) is 0 Å². The fourth-order valence-corrected chi connectivity index (χ4v) is 9.26. The Bertz CT molecular complexity index is 668. The fraction of sp³-hybridized carbons (Fsp3) is 0.935. The van der Waals surface area contributed by atoms with Gasteiger partial charge < -0.3 is 9.84 Å². The number of rotatable bonds is 10. The van der Waals surface area contributed by atoms with Crippen LogP contribution in [0.25, 0.3) is 0 Å². The first-order valence-corrected chi connectivity index (χ1v) is 14.7. The maximum atomic E-state index is 9.02. The molecule has 8 atom stereocenters. The molecule has 2 nitrogen and oxygen atoms in total. The zero-order chi connectivity index (χ0) is 23.6. The molecule has 1 N–H and O–H groups in total. The molecule has 2 heteroatoms. The first-order valence-electron chi connectivity index (χ1n) is 14.7. The minimum atomic E-state index is 0.290. The van der Waals surface area contributed by atoms with E-state index in [0.717, 1.165) is 61.4 Å². The first kappa shape index (κ1) is 25.7. The summed E-state index contributed by atoms with van der Waals surface area (Å²) in [7, 11) is 0. The lowest BCUT2D eigenvalue weighted by Gasteiger charge is -2.58. The maximum absolute atomic E-state index is 9.02. The SMILES string of the molecule is CC(C)CCC[C@@H](C)[C@H]1CCC2[C@@H]3CC=C4C[C@@H](OCCCCO)CC[C@]4(C)C3CC[C@@]21C. The van der Waals surface area contributed by atoms with Gasteiger partial charge in [0, 0.05) is 13.2 Å². The third-order valence-corrected chi connectivity index (χ3v) is 11.2. The summed E-state index contributed by atoms with van der Waals surface area (Å²) in [5, 5.41) is 9.02. The third-order valence-electron chi connectivity index (χ3n) is 11.2. The third kappa shape index (κ3) is 5.13. The molecule has 2 unspecified atom stereocenters. The number of unbranched alkanes of at least 4 members (excludes halogenated alkanes) is 1. The van der Waals surface area contributed by atoms with Crippen molar-refractivity contribution < 1.29 is 9.84 Å². The largest absolute Gasteiger partial charge is 0.396 e. The van der Waals surface area contributed by atoms with Gasteiger partial charge in [-0.25, -0.2) is 0 Å². The minimum Gasteiger partial charge on any atom is -0.396 e. The molecule has 0 amide bonds. The highest BCUT2D eigenvalue weighted by molar-refractivity contribution is 5.25. The highest BCUT2D eigenvalue weighted by atomic mass is 16.5. The van der Waals surface area contributed by atoms with Crippen molar-refractivity contribution in [2.45, 2.75) is 124 Å². The molecule has 0 saturated heterocycles. The molecule has 190 valence electrons. The van der Waals surface area contributed by atoms with Crippen LogP contribution in [0, 0.1) is 46.3 Å². The first-order chi connectivity index (χ1) is 15.8. The standard InChI is InChI=1S/C31H54O2/c1-22(2)9-8-10-23(3)27-13-14-28-26-12-11-24-21-25(33-20-7-6-19-32)15-17-30(24,4)29(26)16-18-31(27,28)5/h11,22-23,25-29,32H,6-10,12-21H2,1-5H3/t23-,25+,26+,27-,28?,29?,30+,31-/m1/s1. The highest BCUT2D eigenvalue weighted by Crippen LogP contribution is 2.67. The van der Waals surface area contributed by atoms with Gasteiger partial charge in [0.05, 0.1) is 6.10 Å². The highest BCUT2D eigenvalue weighted by Gasteiger charge is 2.59. The monoisotopic (exact) mass is 458 g/mol. The minimum absolute atomic E-state index is 0.290. The van der Waals surface area contributed by atoms with Crippen LogP contribution in [-0.2, 0) is 4.74 Å². The van der Waals surface area contributed by atoms with Crippen molar-refractivity contribution in [3.05, 3.63) is 11.6 Å². The summed E-state index contributed by atoms with van der Waals surface area (Å²) in [5.41, 5.74) is 2.76.